The first-order chi connectivity index (χ1) is 14.6. The smallest absolute Gasteiger partial charge is 0.292 e. The van der Waals surface area contributed by atoms with Crippen LogP contribution < -0.4 is 14.5 Å². The van der Waals surface area contributed by atoms with Gasteiger partial charge in [-0.3, -0.25) is 14.9 Å². The van der Waals surface area contributed by atoms with Crippen LogP contribution in [-0.4, -0.2) is 61.6 Å². The van der Waals surface area contributed by atoms with E-state index in [2.05, 4.69) is 9.80 Å². The number of carbonyl (C=O) groups is 1. The fourth-order valence-corrected chi connectivity index (χ4v) is 4.91. The second-order valence-electron chi connectivity index (χ2n) is 7.45. The Hall–Kier alpha value is -2.81. The molecule has 160 valence electrons. The van der Waals surface area contributed by atoms with Gasteiger partial charge < -0.3 is 19.4 Å². The summed E-state index contributed by atoms with van der Waals surface area (Å²) in [6.45, 7) is 6.76. The van der Waals surface area contributed by atoms with E-state index in [4.69, 9.17) is 4.74 Å². The Morgan fingerprint density at radius 1 is 1.10 bits per heavy atom. The summed E-state index contributed by atoms with van der Waals surface area (Å²) in [6.07, 6.45) is 2.13. The van der Waals surface area contributed by atoms with Crippen molar-refractivity contribution in [3.8, 4) is 5.75 Å². The van der Waals surface area contributed by atoms with E-state index in [0.29, 0.717) is 49.1 Å². The number of piperazine rings is 1. The van der Waals surface area contributed by atoms with E-state index in [1.165, 1.54) is 11.3 Å². The van der Waals surface area contributed by atoms with Crippen LogP contribution >= 0.6 is 11.3 Å². The molecule has 4 rings (SSSR count). The van der Waals surface area contributed by atoms with Crippen molar-refractivity contribution >= 4 is 34.3 Å². The predicted molar refractivity (Wildman–Crippen MR) is 118 cm³/mol. The molecule has 1 amide bonds. The van der Waals surface area contributed by atoms with Crippen LogP contribution in [-0.2, 0) is 0 Å². The second kappa shape index (κ2) is 8.91. The number of rotatable bonds is 6. The lowest BCUT2D eigenvalue weighted by Crippen LogP contribution is -2.48. The largest absolute Gasteiger partial charge is 0.492 e. The maximum atomic E-state index is 12.9. The van der Waals surface area contributed by atoms with Crippen molar-refractivity contribution in [1.29, 1.82) is 0 Å². The minimum absolute atomic E-state index is 0.00885. The molecule has 2 aliphatic rings. The Labute approximate surface area is 179 Å². The molecule has 2 fully saturated rings. The van der Waals surface area contributed by atoms with Gasteiger partial charge in [0.15, 0.2) is 0 Å². The molecule has 0 unspecified atom stereocenters. The molecule has 2 aliphatic heterocycles. The highest BCUT2D eigenvalue weighted by Crippen LogP contribution is 2.35. The monoisotopic (exact) mass is 430 g/mol. The molecule has 0 radical (unpaired) electrons. The molecular weight excluding hydrogens is 404 g/mol. The third-order valence-electron chi connectivity index (χ3n) is 5.66. The zero-order valence-electron chi connectivity index (χ0n) is 17.1. The molecule has 0 bridgehead atoms. The van der Waals surface area contributed by atoms with Crippen LogP contribution in [0.1, 0.15) is 29.4 Å². The van der Waals surface area contributed by atoms with Crippen molar-refractivity contribution in [2.75, 3.05) is 55.7 Å². The highest BCUT2D eigenvalue weighted by Gasteiger charge is 2.27. The maximum absolute atomic E-state index is 12.9. The number of ether oxygens (including phenoxy) is 1. The first-order valence-electron chi connectivity index (χ1n) is 10.4. The lowest BCUT2D eigenvalue weighted by Gasteiger charge is -2.36. The summed E-state index contributed by atoms with van der Waals surface area (Å²) in [5.41, 5.74) is 1.84. The van der Waals surface area contributed by atoms with E-state index in [1.807, 2.05) is 35.4 Å². The Kier molecular flexibility index (Phi) is 6.08. The lowest BCUT2D eigenvalue weighted by molar-refractivity contribution is -0.384. The summed E-state index contributed by atoms with van der Waals surface area (Å²) < 4.78 is 5.56. The molecule has 3 heterocycles. The van der Waals surface area contributed by atoms with E-state index in [9.17, 15) is 14.9 Å². The number of hydrogen-bond donors (Lipinski definition) is 0. The molecule has 1 aromatic heterocycles. The number of carbonyl (C=O) groups excluding carboxylic acids is 1. The van der Waals surface area contributed by atoms with Gasteiger partial charge in [-0.15, -0.1) is 11.3 Å². The number of thiophene rings is 1. The van der Waals surface area contributed by atoms with Crippen molar-refractivity contribution in [2.24, 2.45) is 0 Å². The van der Waals surface area contributed by atoms with Gasteiger partial charge in [0.2, 0.25) is 0 Å². The minimum Gasteiger partial charge on any atom is -0.492 e. The molecule has 1 aromatic carbocycles. The number of benzene rings is 1. The summed E-state index contributed by atoms with van der Waals surface area (Å²) in [4.78, 5) is 30.9. The summed E-state index contributed by atoms with van der Waals surface area (Å²) in [6, 6.07) is 7.21. The fourth-order valence-electron chi connectivity index (χ4n) is 4.11. The van der Waals surface area contributed by atoms with Crippen LogP contribution in [0.15, 0.2) is 29.6 Å². The number of nitro groups is 1. The Morgan fingerprint density at radius 2 is 1.83 bits per heavy atom. The van der Waals surface area contributed by atoms with Crippen molar-refractivity contribution < 1.29 is 14.5 Å². The summed E-state index contributed by atoms with van der Waals surface area (Å²) in [5.74, 6) is 0.662. The lowest BCUT2D eigenvalue weighted by atomic mass is 10.2. The number of amides is 1. The molecule has 0 saturated carbocycles. The zero-order valence-corrected chi connectivity index (χ0v) is 17.9. The molecule has 0 spiro atoms. The van der Waals surface area contributed by atoms with Crippen molar-refractivity contribution in [1.82, 2.24) is 4.90 Å². The first-order valence-corrected chi connectivity index (χ1v) is 11.2. The highest BCUT2D eigenvalue weighted by molar-refractivity contribution is 7.12. The van der Waals surface area contributed by atoms with Gasteiger partial charge in [0, 0.05) is 51.0 Å². The third kappa shape index (κ3) is 4.07. The summed E-state index contributed by atoms with van der Waals surface area (Å²) in [7, 11) is 0. The number of hydrogen-bond acceptors (Lipinski definition) is 7. The minimum atomic E-state index is -0.301. The van der Waals surface area contributed by atoms with Crippen LogP contribution in [0, 0.1) is 10.1 Å². The maximum Gasteiger partial charge on any atom is 0.292 e. The van der Waals surface area contributed by atoms with Gasteiger partial charge in [-0.25, -0.2) is 0 Å². The summed E-state index contributed by atoms with van der Waals surface area (Å²) in [5, 5.41) is 13.4. The predicted octanol–water partition coefficient (Wildman–Crippen LogP) is 3.62. The number of nitro benzene ring substituents is 1. The standard InChI is InChI=1S/C21H26N4O4S/c1-2-29-19-7-14-30-20(19)21(26)24-12-10-22(11-13-24)16-5-6-17(25(27)28)18(15-16)23-8-3-4-9-23/h5-7,14-15H,2-4,8-13H2,1H3. The molecule has 9 heteroatoms. The van der Waals surface area contributed by atoms with Crippen molar-refractivity contribution in [2.45, 2.75) is 19.8 Å². The van der Waals surface area contributed by atoms with Gasteiger partial charge in [0.25, 0.3) is 11.6 Å². The Balaban J connectivity index is 1.46. The van der Waals surface area contributed by atoms with Gasteiger partial charge in [-0.1, -0.05) is 0 Å². The van der Waals surface area contributed by atoms with Gasteiger partial charge in [-0.2, -0.15) is 0 Å². The van der Waals surface area contributed by atoms with Crippen LogP contribution in [0.25, 0.3) is 0 Å². The van der Waals surface area contributed by atoms with Gasteiger partial charge in [-0.05, 0) is 43.3 Å². The summed E-state index contributed by atoms with van der Waals surface area (Å²) >= 11 is 1.41. The van der Waals surface area contributed by atoms with E-state index in [0.717, 1.165) is 31.6 Å². The first kappa shape index (κ1) is 20.5. The van der Waals surface area contributed by atoms with E-state index < -0.39 is 0 Å². The Bertz CT molecular complexity index is 917. The van der Waals surface area contributed by atoms with Gasteiger partial charge >= 0.3 is 0 Å². The SMILES string of the molecule is CCOc1ccsc1C(=O)N1CCN(c2ccc([N+](=O)[O-])c(N3CCCC3)c2)CC1. The van der Waals surface area contributed by atoms with Gasteiger partial charge in [0.1, 0.15) is 16.3 Å². The molecule has 2 saturated heterocycles. The zero-order chi connectivity index (χ0) is 21.1. The molecule has 0 atom stereocenters. The highest BCUT2D eigenvalue weighted by atomic mass is 32.1. The van der Waals surface area contributed by atoms with Crippen molar-refractivity contribution in [3.63, 3.8) is 0 Å². The van der Waals surface area contributed by atoms with Crippen LogP contribution in [0.3, 0.4) is 0 Å². The fraction of sp³-hybridized carbons (Fsp3) is 0.476. The molecule has 30 heavy (non-hydrogen) atoms. The quantitative estimate of drug-likeness (QED) is 0.515. The van der Waals surface area contributed by atoms with E-state index >= 15 is 0 Å². The molecule has 0 aliphatic carbocycles. The van der Waals surface area contributed by atoms with E-state index in [1.54, 1.807) is 6.07 Å². The topological polar surface area (TPSA) is 79.2 Å². The average Bonchev–Trinajstić information content (AvgIpc) is 3.45. The van der Waals surface area contributed by atoms with Crippen LogP contribution in [0.2, 0.25) is 0 Å². The van der Waals surface area contributed by atoms with E-state index in [-0.39, 0.29) is 16.5 Å². The molecule has 2 aromatic rings. The molecular formula is C21H26N4O4S. The van der Waals surface area contributed by atoms with Crippen molar-refractivity contribution in [3.05, 3.63) is 44.6 Å². The van der Waals surface area contributed by atoms with Crippen LogP contribution in [0.5, 0.6) is 5.75 Å². The normalized spacial score (nSPS) is 16.8. The average molecular weight is 431 g/mol. The second-order valence-corrected chi connectivity index (χ2v) is 8.37. The third-order valence-corrected chi connectivity index (χ3v) is 6.54. The van der Waals surface area contributed by atoms with Crippen LogP contribution in [0.4, 0.5) is 17.1 Å². The number of anilines is 2. The van der Waals surface area contributed by atoms with Gasteiger partial charge in [0.05, 0.1) is 11.5 Å². The number of nitrogens with zero attached hydrogens (tertiary/aromatic N) is 4. The molecule has 0 N–H and O–H groups in total. The Morgan fingerprint density at radius 3 is 2.50 bits per heavy atom. The molecule has 8 nitrogen and oxygen atoms in total.